The summed E-state index contributed by atoms with van der Waals surface area (Å²) >= 11 is 0. The third-order valence-corrected chi connectivity index (χ3v) is 4.22. The van der Waals surface area contributed by atoms with Crippen LogP contribution in [0.2, 0.25) is 0 Å². The van der Waals surface area contributed by atoms with Gasteiger partial charge in [-0.25, -0.2) is 4.79 Å². The molecule has 7 nitrogen and oxygen atoms in total. The molecule has 2 aromatic rings. The predicted molar refractivity (Wildman–Crippen MR) is 95.8 cm³/mol. The maximum Gasteiger partial charge on any atom is 0.322 e. The number of anilines is 1. The third kappa shape index (κ3) is 3.51. The summed E-state index contributed by atoms with van der Waals surface area (Å²) in [6.07, 6.45) is 0. The smallest absolute Gasteiger partial charge is 0.322 e. The molecule has 0 aliphatic carbocycles. The standard InChI is InChI=1S/C19H19N3O4/c1-12-6-3-4-9-15(12)26-11-16(23)20-14-8-5-7-13(10-14)19(2)17(24)21-18(25)22-19/h3-10H,11H2,1-2H3,(H,20,23)(H2,21,22,24,25)/t19-/m0/s1. The Labute approximate surface area is 150 Å². The van der Waals surface area contributed by atoms with Gasteiger partial charge < -0.3 is 15.4 Å². The largest absolute Gasteiger partial charge is 0.483 e. The molecule has 0 radical (unpaired) electrons. The van der Waals surface area contributed by atoms with Crippen molar-refractivity contribution in [2.75, 3.05) is 11.9 Å². The summed E-state index contributed by atoms with van der Waals surface area (Å²) in [5.74, 6) is -0.112. The van der Waals surface area contributed by atoms with Crippen molar-refractivity contribution in [2.45, 2.75) is 19.4 Å². The van der Waals surface area contributed by atoms with E-state index < -0.39 is 17.5 Å². The minimum atomic E-state index is -1.17. The van der Waals surface area contributed by atoms with E-state index in [2.05, 4.69) is 16.0 Å². The average molecular weight is 353 g/mol. The van der Waals surface area contributed by atoms with Crippen LogP contribution in [0.5, 0.6) is 5.75 Å². The number of hydrogen-bond donors (Lipinski definition) is 3. The minimum Gasteiger partial charge on any atom is -0.483 e. The quantitative estimate of drug-likeness (QED) is 0.717. The molecule has 3 N–H and O–H groups in total. The number of imide groups is 1. The zero-order chi connectivity index (χ0) is 18.7. The van der Waals surface area contributed by atoms with Crippen LogP contribution in [-0.2, 0) is 15.1 Å². The number of ether oxygens (including phenoxy) is 1. The molecular weight excluding hydrogens is 334 g/mol. The van der Waals surface area contributed by atoms with E-state index in [1.165, 1.54) is 0 Å². The van der Waals surface area contributed by atoms with Crippen molar-refractivity contribution < 1.29 is 19.1 Å². The van der Waals surface area contributed by atoms with Gasteiger partial charge in [0.25, 0.3) is 11.8 Å². The lowest BCUT2D eigenvalue weighted by Crippen LogP contribution is -2.40. The second-order valence-electron chi connectivity index (χ2n) is 6.22. The van der Waals surface area contributed by atoms with Crippen LogP contribution in [0.1, 0.15) is 18.1 Å². The monoisotopic (exact) mass is 353 g/mol. The van der Waals surface area contributed by atoms with Crippen LogP contribution in [-0.4, -0.2) is 24.5 Å². The van der Waals surface area contributed by atoms with Crippen LogP contribution in [0, 0.1) is 6.92 Å². The maximum absolute atomic E-state index is 12.1. The van der Waals surface area contributed by atoms with Crippen LogP contribution in [0.4, 0.5) is 10.5 Å². The lowest BCUT2D eigenvalue weighted by Gasteiger charge is -2.21. The summed E-state index contributed by atoms with van der Waals surface area (Å²) in [6, 6.07) is 13.7. The van der Waals surface area contributed by atoms with Gasteiger partial charge in [-0.2, -0.15) is 0 Å². The first-order valence-corrected chi connectivity index (χ1v) is 8.11. The fourth-order valence-electron chi connectivity index (χ4n) is 2.71. The molecule has 1 fully saturated rings. The van der Waals surface area contributed by atoms with E-state index in [4.69, 9.17) is 4.74 Å². The number of hydrogen-bond acceptors (Lipinski definition) is 4. The van der Waals surface area contributed by atoms with Gasteiger partial charge in [-0.15, -0.1) is 0 Å². The van der Waals surface area contributed by atoms with Crippen molar-refractivity contribution in [3.8, 4) is 5.75 Å². The van der Waals surface area contributed by atoms with Crippen molar-refractivity contribution in [3.63, 3.8) is 0 Å². The summed E-state index contributed by atoms with van der Waals surface area (Å²) in [5, 5.41) is 7.54. The SMILES string of the molecule is Cc1ccccc1OCC(=O)Nc1cccc([C@]2(C)NC(=O)NC2=O)c1. The second-order valence-corrected chi connectivity index (χ2v) is 6.22. The lowest BCUT2D eigenvalue weighted by atomic mass is 9.92. The average Bonchev–Trinajstić information content (AvgIpc) is 2.87. The molecular formula is C19H19N3O4. The molecule has 0 saturated carbocycles. The molecule has 26 heavy (non-hydrogen) atoms. The van der Waals surface area contributed by atoms with Crippen LogP contribution < -0.4 is 20.7 Å². The molecule has 1 atom stereocenters. The zero-order valence-corrected chi connectivity index (χ0v) is 14.5. The molecule has 1 aliphatic heterocycles. The van der Waals surface area contributed by atoms with Crippen molar-refractivity contribution in [1.82, 2.24) is 10.6 Å². The summed E-state index contributed by atoms with van der Waals surface area (Å²) in [7, 11) is 0. The first-order chi connectivity index (χ1) is 12.4. The molecule has 134 valence electrons. The Morgan fingerprint density at radius 1 is 1.15 bits per heavy atom. The van der Waals surface area contributed by atoms with E-state index in [0.717, 1.165) is 5.56 Å². The van der Waals surface area contributed by atoms with E-state index in [-0.39, 0.29) is 12.5 Å². The van der Waals surface area contributed by atoms with Gasteiger partial charge in [-0.3, -0.25) is 14.9 Å². The minimum absolute atomic E-state index is 0.135. The third-order valence-electron chi connectivity index (χ3n) is 4.22. The topological polar surface area (TPSA) is 96.5 Å². The number of para-hydroxylation sites is 1. The first kappa shape index (κ1) is 17.5. The fraction of sp³-hybridized carbons (Fsp3) is 0.211. The van der Waals surface area contributed by atoms with E-state index >= 15 is 0 Å². The molecule has 0 spiro atoms. The number of rotatable bonds is 5. The molecule has 0 aromatic heterocycles. The number of nitrogens with one attached hydrogen (secondary N) is 3. The molecule has 4 amide bonds. The number of urea groups is 1. The van der Waals surface area contributed by atoms with E-state index in [0.29, 0.717) is 17.0 Å². The van der Waals surface area contributed by atoms with Crippen molar-refractivity contribution >= 4 is 23.5 Å². The van der Waals surface area contributed by atoms with Gasteiger partial charge in [-0.1, -0.05) is 30.3 Å². The Bertz CT molecular complexity index is 881. The van der Waals surface area contributed by atoms with Crippen molar-refractivity contribution in [1.29, 1.82) is 0 Å². The molecule has 1 heterocycles. The van der Waals surface area contributed by atoms with Gasteiger partial charge in [0.15, 0.2) is 6.61 Å². The van der Waals surface area contributed by atoms with E-state index in [9.17, 15) is 14.4 Å². The Hall–Kier alpha value is -3.35. The van der Waals surface area contributed by atoms with Crippen LogP contribution in [0.3, 0.4) is 0 Å². The van der Waals surface area contributed by atoms with Crippen LogP contribution in [0.15, 0.2) is 48.5 Å². The molecule has 0 bridgehead atoms. The van der Waals surface area contributed by atoms with Gasteiger partial charge in [0.1, 0.15) is 11.3 Å². The van der Waals surface area contributed by atoms with E-state index in [1.807, 2.05) is 25.1 Å². The number of amides is 4. The first-order valence-electron chi connectivity index (χ1n) is 8.11. The number of benzene rings is 2. The normalized spacial score (nSPS) is 18.8. The van der Waals surface area contributed by atoms with Gasteiger partial charge in [0, 0.05) is 5.69 Å². The fourth-order valence-corrected chi connectivity index (χ4v) is 2.71. The highest BCUT2D eigenvalue weighted by atomic mass is 16.5. The molecule has 1 aliphatic rings. The summed E-state index contributed by atoms with van der Waals surface area (Å²) in [4.78, 5) is 35.6. The molecule has 3 rings (SSSR count). The number of carbonyl (C=O) groups is 3. The highest BCUT2D eigenvalue weighted by Gasteiger charge is 2.43. The van der Waals surface area contributed by atoms with Crippen molar-refractivity contribution in [2.24, 2.45) is 0 Å². The maximum atomic E-state index is 12.1. The molecule has 2 aromatic carbocycles. The Morgan fingerprint density at radius 2 is 1.92 bits per heavy atom. The molecule has 0 unspecified atom stereocenters. The number of carbonyl (C=O) groups excluding carboxylic acids is 3. The summed E-state index contributed by atoms with van der Waals surface area (Å²) in [6.45, 7) is 3.37. The zero-order valence-electron chi connectivity index (χ0n) is 14.5. The lowest BCUT2D eigenvalue weighted by molar-refractivity contribution is -0.123. The predicted octanol–water partition coefficient (Wildman–Crippen LogP) is 2.07. The van der Waals surface area contributed by atoms with Gasteiger partial charge in [-0.05, 0) is 43.2 Å². The van der Waals surface area contributed by atoms with Crippen LogP contribution >= 0.6 is 0 Å². The molecule has 1 saturated heterocycles. The summed E-state index contributed by atoms with van der Waals surface area (Å²) in [5.41, 5.74) is 0.850. The van der Waals surface area contributed by atoms with Crippen LogP contribution in [0.25, 0.3) is 0 Å². The van der Waals surface area contributed by atoms with Crippen molar-refractivity contribution in [3.05, 3.63) is 59.7 Å². The highest BCUT2D eigenvalue weighted by Crippen LogP contribution is 2.26. The van der Waals surface area contributed by atoms with Gasteiger partial charge >= 0.3 is 6.03 Å². The van der Waals surface area contributed by atoms with Gasteiger partial charge in [0.05, 0.1) is 0 Å². The Kier molecular flexibility index (Phi) is 4.62. The highest BCUT2D eigenvalue weighted by molar-refractivity contribution is 6.07. The number of aryl methyl sites for hydroxylation is 1. The molecule has 7 heteroatoms. The summed E-state index contributed by atoms with van der Waals surface area (Å²) < 4.78 is 5.52. The Balaban J connectivity index is 1.67. The van der Waals surface area contributed by atoms with E-state index in [1.54, 1.807) is 37.3 Å². The van der Waals surface area contributed by atoms with Gasteiger partial charge in [0.2, 0.25) is 0 Å². The Morgan fingerprint density at radius 3 is 2.62 bits per heavy atom. The second kappa shape index (κ2) is 6.87.